The molecule has 2 rings (SSSR count). The number of benzene rings is 1. The molecule has 0 aliphatic heterocycles. The Labute approximate surface area is 123 Å². The first kappa shape index (κ1) is 14.4. The van der Waals surface area contributed by atoms with Gasteiger partial charge in [0.2, 0.25) is 0 Å². The molecule has 3 nitrogen and oxygen atoms in total. The molecule has 1 heterocycles. The second-order valence-corrected chi connectivity index (χ2v) is 6.82. The number of aromatic amines is 1. The summed E-state index contributed by atoms with van der Waals surface area (Å²) in [5.74, 6) is 0. The van der Waals surface area contributed by atoms with Gasteiger partial charge in [-0.25, -0.2) is 4.98 Å². The fourth-order valence-corrected chi connectivity index (χ4v) is 2.60. The van der Waals surface area contributed by atoms with E-state index in [1.165, 1.54) is 5.56 Å². The fraction of sp³-hybridized carbons (Fsp3) is 0.357. The highest BCUT2D eigenvalue weighted by molar-refractivity contribution is 7.99. The number of hydrogen-bond acceptors (Lipinski definition) is 3. The van der Waals surface area contributed by atoms with E-state index in [4.69, 9.17) is 11.6 Å². The Bertz CT molecular complexity index is 532. The first-order valence-electron chi connectivity index (χ1n) is 6.15. The number of hydrogen-bond donors (Lipinski definition) is 2. The van der Waals surface area contributed by atoms with E-state index in [1.807, 2.05) is 24.4 Å². The maximum absolute atomic E-state index is 6.09. The van der Waals surface area contributed by atoms with Crippen LogP contribution < -0.4 is 5.32 Å². The second-order valence-electron chi connectivity index (χ2n) is 5.35. The van der Waals surface area contributed by atoms with Crippen molar-refractivity contribution in [3.05, 3.63) is 41.2 Å². The molecule has 0 fully saturated rings. The molecule has 0 bridgehead atoms. The summed E-state index contributed by atoms with van der Waals surface area (Å²) in [4.78, 5) is 8.50. The summed E-state index contributed by atoms with van der Waals surface area (Å²) < 4.78 is 0. The minimum absolute atomic E-state index is 0.0783. The molecule has 0 aliphatic rings. The molecule has 0 atom stereocenters. The van der Waals surface area contributed by atoms with Gasteiger partial charge in [0.05, 0.1) is 0 Å². The highest BCUT2D eigenvalue weighted by atomic mass is 35.5. The van der Waals surface area contributed by atoms with E-state index in [0.29, 0.717) is 0 Å². The minimum Gasteiger partial charge on any atom is -0.339 e. The fourth-order valence-electron chi connectivity index (χ4n) is 1.56. The van der Waals surface area contributed by atoms with Crippen LogP contribution in [0, 0.1) is 0 Å². The van der Waals surface area contributed by atoms with E-state index in [-0.39, 0.29) is 5.54 Å². The van der Waals surface area contributed by atoms with Crippen LogP contribution in [0.15, 0.2) is 40.6 Å². The van der Waals surface area contributed by atoms with Crippen molar-refractivity contribution in [3.63, 3.8) is 0 Å². The SMILES string of the molecule is CC(C)(C)NCc1cc(Cl)ccc1Sc1ncc[nH]1. The van der Waals surface area contributed by atoms with Crippen LogP contribution in [0.1, 0.15) is 26.3 Å². The van der Waals surface area contributed by atoms with Gasteiger partial charge in [-0.2, -0.15) is 0 Å². The van der Waals surface area contributed by atoms with Crippen LogP contribution in [0.25, 0.3) is 0 Å². The lowest BCUT2D eigenvalue weighted by Gasteiger charge is -2.21. The standard InChI is InChI=1S/C14H18ClN3S/c1-14(2,3)18-9-10-8-11(15)4-5-12(10)19-13-16-6-7-17-13/h4-8,18H,9H2,1-3H3,(H,16,17). The van der Waals surface area contributed by atoms with E-state index in [1.54, 1.807) is 18.0 Å². The summed E-state index contributed by atoms with van der Waals surface area (Å²) in [6, 6.07) is 5.95. The van der Waals surface area contributed by atoms with E-state index in [0.717, 1.165) is 21.6 Å². The topological polar surface area (TPSA) is 40.7 Å². The van der Waals surface area contributed by atoms with Crippen molar-refractivity contribution >= 4 is 23.4 Å². The summed E-state index contributed by atoms with van der Waals surface area (Å²) in [6.07, 6.45) is 3.58. The molecule has 0 radical (unpaired) electrons. The molecule has 19 heavy (non-hydrogen) atoms. The number of rotatable bonds is 4. The normalized spacial score (nSPS) is 11.8. The van der Waals surface area contributed by atoms with Gasteiger partial charge in [-0.05, 0) is 44.5 Å². The first-order valence-corrected chi connectivity index (χ1v) is 7.34. The van der Waals surface area contributed by atoms with Gasteiger partial charge in [0.25, 0.3) is 0 Å². The van der Waals surface area contributed by atoms with Crippen LogP contribution in [-0.2, 0) is 6.54 Å². The van der Waals surface area contributed by atoms with E-state index < -0.39 is 0 Å². The van der Waals surface area contributed by atoms with Crippen molar-refractivity contribution in [3.8, 4) is 0 Å². The first-order chi connectivity index (χ1) is 8.94. The third kappa shape index (κ3) is 4.56. The van der Waals surface area contributed by atoms with E-state index >= 15 is 0 Å². The van der Waals surface area contributed by atoms with Crippen molar-refractivity contribution in [1.82, 2.24) is 15.3 Å². The lowest BCUT2D eigenvalue weighted by atomic mass is 10.1. The van der Waals surface area contributed by atoms with Gasteiger partial charge in [0, 0.05) is 34.4 Å². The Morgan fingerprint density at radius 1 is 1.37 bits per heavy atom. The van der Waals surface area contributed by atoms with Gasteiger partial charge in [-0.15, -0.1) is 0 Å². The van der Waals surface area contributed by atoms with Crippen molar-refractivity contribution in [2.75, 3.05) is 0 Å². The van der Waals surface area contributed by atoms with Crippen LogP contribution >= 0.6 is 23.4 Å². The van der Waals surface area contributed by atoms with Gasteiger partial charge in [-0.3, -0.25) is 0 Å². The largest absolute Gasteiger partial charge is 0.339 e. The molecule has 0 saturated heterocycles. The summed E-state index contributed by atoms with van der Waals surface area (Å²) in [6.45, 7) is 7.23. The Kier molecular flexibility index (Phi) is 4.55. The Balaban J connectivity index is 2.18. The van der Waals surface area contributed by atoms with Crippen LogP contribution in [0.2, 0.25) is 5.02 Å². The maximum Gasteiger partial charge on any atom is 0.170 e. The van der Waals surface area contributed by atoms with Crippen LogP contribution in [0.5, 0.6) is 0 Å². The zero-order valence-corrected chi connectivity index (χ0v) is 12.9. The number of H-pyrrole nitrogens is 1. The summed E-state index contributed by atoms with van der Waals surface area (Å²) in [5.41, 5.74) is 1.26. The summed E-state index contributed by atoms with van der Waals surface area (Å²) >= 11 is 7.70. The molecule has 1 aromatic heterocycles. The lowest BCUT2D eigenvalue weighted by Crippen LogP contribution is -2.35. The van der Waals surface area contributed by atoms with Gasteiger partial charge in [0.1, 0.15) is 0 Å². The number of aromatic nitrogens is 2. The van der Waals surface area contributed by atoms with E-state index in [9.17, 15) is 0 Å². The molecule has 0 unspecified atom stereocenters. The Morgan fingerprint density at radius 2 is 2.16 bits per heavy atom. The highest BCUT2D eigenvalue weighted by Gasteiger charge is 2.12. The lowest BCUT2D eigenvalue weighted by molar-refractivity contribution is 0.422. The average molecular weight is 296 g/mol. The molecule has 1 aromatic carbocycles. The van der Waals surface area contributed by atoms with Crippen molar-refractivity contribution in [2.24, 2.45) is 0 Å². The van der Waals surface area contributed by atoms with Crippen molar-refractivity contribution in [1.29, 1.82) is 0 Å². The van der Waals surface area contributed by atoms with Gasteiger partial charge >= 0.3 is 0 Å². The monoisotopic (exact) mass is 295 g/mol. The average Bonchev–Trinajstić information content (AvgIpc) is 2.81. The molecule has 0 saturated carbocycles. The Morgan fingerprint density at radius 3 is 2.79 bits per heavy atom. The molecule has 0 spiro atoms. The van der Waals surface area contributed by atoms with Crippen molar-refractivity contribution in [2.45, 2.75) is 42.9 Å². The zero-order chi connectivity index (χ0) is 13.9. The number of halogens is 1. The minimum atomic E-state index is 0.0783. The molecule has 102 valence electrons. The molecule has 0 aliphatic carbocycles. The molecule has 5 heteroatoms. The second kappa shape index (κ2) is 5.99. The number of nitrogens with one attached hydrogen (secondary N) is 2. The van der Waals surface area contributed by atoms with Crippen molar-refractivity contribution < 1.29 is 0 Å². The summed E-state index contributed by atoms with van der Waals surface area (Å²) in [7, 11) is 0. The predicted octanol–water partition coefficient (Wildman–Crippen LogP) is 4.10. The molecular weight excluding hydrogens is 278 g/mol. The molecule has 2 N–H and O–H groups in total. The number of imidazole rings is 1. The van der Waals surface area contributed by atoms with Crippen LogP contribution in [-0.4, -0.2) is 15.5 Å². The third-order valence-electron chi connectivity index (χ3n) is 2.51. The highest BCUT2D eigenvalue weighted by Crippen LogP contribution is 2.30. The Hall–Kier alpha value is -0.970. The predicted molar refractivity (Wildman–Crippen MR) is 80.8 cm³/mol. The number of nitrogens with zero attached hydrogens (tertiary/aromatic N) is 1. The van der Waals surface area contributed by atoms with Crippen LogP contribution in [0.3, 0.4) is 0 Å². The molecule has 0 amide bonds. The van der Waals surface area contributed by atoms with E-state index in [2.05, 4.69) is 36.1 Å². The summed E-state index contributed by atoms with van der Waals surface area (Å²) in [5, 5.41) is 5.13. The quantitative estimate of drug-likeness (QED) is 0.892. The smallest absolute Gasteiger partial charge is 0.170 e. The van der Waals surface area contributed by atoms with Gasteiger partial charge < -0.3 is 10.3 Å². The zero-order valence-electron chi connectivity index (χ0n) is 11.3. The molecular formula is C14H18ClN3S. The van der Waals surface area contributed by atoms with Gasteiger partial charge in [-0.1, -0.05) is 23.4 Å². The molecule has 2 aromatic rings. The van der Waals surface area contributed by atoms with Gasteiger partial charge in [0.15, 0.2) is 5.16 Å². The van der Waals surface area contributed by atoms with Crippen LogP contribution in [0.4, 0.5) is 0 Å². The maximum atomic E-state index is 6.09. The third-order valence-corrected chi connectivity index (χ3v) is 3.78.